The lowest BCUT2D eigenvalue weighted by atomic mass is 10.1. The van der Waals surface area contributed by atoms with Gasteiger partial charge in [0.05, 0.1) is 18.0 Å². The minimum atomic E-state index is -0.543. The molecule has 0 aliphatic rings. The van der Waals surface area contributed by atoms with Crippen molar-refractivity contribution in [2.24, 2.45) is 0 Å². The number of esters is 1. The largest absolute Gasteiger partial charge is 0.497 e. The zero-order valence-electron chi connectivity index (χ0n) is 16.0. The van der Waals surface area contributed by atoms with Gasteiger partial charge in [0.15, 0.2) is 0 Å². The minimum absolute atomic E-state index is 0.154. The Morgan fingerprint density at radius 1 is 1.10 bits per heavy atom. The van der Waals surface area contributed by atoms with E-state index in [1.54, 1.807) is 31.4 Å². The summed E-state index contributed by atoms with van der Waals surface area (Å²) >= 11 is 5.95. The lowest BCUT2D eigenvalue weighted by Gasteiger charge is -2.04. The van der Waals surface area contributed by atoms with Crippen molar-refractivity contribution in [2.45, 2.75) is 6.61 Å². The van der Waals surface area contributed by atoms with E-state index in [2.05, 4.69) is 9.97 Å². The Kier molecular flexibility index (Phi) is 5.50. The van der Waals surface area contributed by atoms with E-state index in [-0.39, 0.29) is 18.0 Å². The van der Waals surface area contributed by atoms with E-state index in [0.717, 1.165) is 22.1 Å². The second-order valence-corrected chi connectivity index (χ2v) is 7.02. The molecule has 1 heterocycles. The molecule has 0 saturated heterocycles. The van der Waals surface area contributed by atoms with Gasteiger partial charge in [0.25, 0.3) is 5.56 Å². The number of rotatable bonds is 5. The molecule has 4 rings (SSSR count). The van der Waals surface area contributed by atoms with Crippen LogP contribution in [0.4, 0.5) is 0 Å². The Morgan fingerprint density at radius 3 is 2.73 bits per heavy atom. The number of halogens is 1. The van der Waals surface area contributed by atoms with Crippen molar-refractivity contribution in [2.75, 3.05) is 7.11 Å². The number of nitrogens with zero attached hydrogens (tertiary/aromatic N) is 1. The summed E-state index contributed by atoms with van der Waals surface area (Å²) in [5, 5.41) is 2.96. The molecule has 30 heavy (non-hydrogen) atoms. The SMILES string of the molecule is COc1ccc2cc(/C=C/C(=O)OCc3nc4cc(Cl)ccc4c(=O)[nH]3)ccc2c1. The molecule has 0 aliphatic carbocycles. The number of fused-ring (bicyclic) bond motifs is 2. The first-order chi connectivity index (χ1) is 14.5. The van der Waals surface area contributed by atoms with E-state index in [1.807, 2.05) is 36.4 Å². The van der Waals surface area contributed by atoms with Crippen molar-refractivity contribution in [3.8, 4) is 5.75 Å². The third-order valence-corrected chi connectivity index (χ3v) is 4.79. The van der Waals surface area contributed by atoms with E-state index >= 15 is 0 Å². The predicted molar refractivity (Wildman–Crippen MR) is 117 cm³/mol. The van der Waals surface area contributed by atoms with Crippen LogP contribution >= 0.6 is 11.6 Å². The van der Waals surface area contributed by atoms with Gasteiger partial charge < -0.3 is 14.5 Å². The van der Waals surface area contributed by atoms with Gasteiger partial charge in [-0.05, 0) is 58.8 Å². The van der Waals surface area contributed by atoms with Crippen LogP contribution in [0.1, 0.15) is 11.4 Å². The molecule has 0 amide bonds. The Labute approximate surface area is 176 Å². The van der Waals surface area contributed by atoms with Gasteiger partial charge in [-0.25, -0.2) is 9.78 Å². The molecule has 1 aromatic heterocycles. The summed E-state index contributed by atoms with van der Waals surface area (Å²) < 4.78 is 10.4. The molecule has 7 heteroatoms. The van der Waals surface area contributed by atoms with Crippen LogP contribution in [0, 0.1) is 0 Å². The fourth-order valence-corrected chi connectivity index (χ4v) is 3.22. The van der Waals surface area contributed by atoms with Crippen LogP contribution in [0.3, 0.4) is 0 Å². The number of methoxy groups -OCH3 is 1. The summed E-state index contributed by atoms with van der Waals surface area (Å²) in [4.78, 5) is 31.1. The smallest absolute Gasteiger partial charge is 0.331 e. The molecule has 3 aromatic carbocycles. The van der Waals surface area contributed by atoms with Crippen LogP contribution in [0.5, 0.6) is 5.75 Å². The van der Waals surface area contributed by atoms with E-state index < -0.39 is 5.97 Å². The monoisotopic (exact) mass is 420 g/mol. The number of carbonyl (C=O) groups is 1. The van der Waals surface area contributed by atoms with Crippen LogP contribution in [-0.2, 0) is 16.1 Å². The topological polar surface area (TPSA) is 81.3 Å². The quantitative estimate of drug-likeness (QED) is 0.380. The maximum atomic E-state index is 12.1. The van der Waals surface area contributed by atoms with Crippen molar-refractivity contribution in [1.82, 2.24) is 9.97 Å². The lowest BCUT2D eigenvalue weighted by molar-refractivity contribution is -0.139. The second kappa shape index (κ2) is 8.39. The van der Waals surface area contributed by atoms with Crippen LogP contribution in [0.15, 0.2) is 65.5 Å². The van der Waals surface area contributed by atoms with Crippen molar-refractivity contribution in [1.29, 1.82) is 0 Å². The molecule has 0 unspecified atom stereocenters. The van der Waals surface area contributed by atoms with Gasteiger partial charge in [0.1, 0.15) is 18.2 Å². The lowest BCUT2D eigenvalue weighted by Crippen LogP contribution is -2.13. The van der Waals surface area contributed by atoms with Gasteiger partial charge in [-0.1, -0.05) is 29.8 Å². The van der Waals surface area contributed by atoms with E-state index in [9.17, 15) is 9.59 Å². The van der Waals surface area contributed by atoms with Crippen LogP contribution in [0.25, 0.3) is 27.8 Å². The molecule has 1 N–H and O–H groups in total. The average molecular weight is 421 g/mol. The molecule has 150 valence electrons. The molecule has 0 aliphatic heterocycles. The Bertz CT molecular complexity index is 1340. The van der Waals surface area contributed by atoms with Crippen molar-refractivity contribution < 1.29 is 14.3 Å². The van der Waals surface area contributed by atoms with E-state index in [4.69, 9.17) is 21.1 Å². The summed E-state index contributed by atoms with van der Waals surface area (Å²) in [6, 6.07) is 16.4. The molecular formula is C23H17ClN2O4. The number of aromatic nitrogens is 2. The number of ether oxygens (including phenoxy) is 2. The Balaban J connectivity index is 1.44. The number of aromatic amines is 1. The second-order valence-electron chi connectivity index (χ2n) is 6.59. The van der Waals surface area contributed by atoms with Gasteiger partial charge in [0.2, 0.25) is 0 Å². The fourth-order valence-electron chi connectivity index (χ4n) is 3.05. The Hall–Kier alpha value is -3.64. The van der Waals surface area contributed by atoms with E-state index in [1.165, 1.54) is 6.08 Å². The molecule has 0 saturated carbocycles. The Morgan fingerprint density at radius 2 is 1.90 bits per heavy atom. The first-order valence-corrected chi connectivity index (χ1v) is 9.51. The van der Waals surface area contributed by atoms with Gasteiger partial charge >= 0.3 is 5.97 Å². The fraction of sp³-hybridized carbons (Fsp3) is 0.0870. The van der Waals surface area contributed by atoms with Gasteiger partial charge in [-0.3, -0.25) is 4.79 Å². The summed E-state index contributed by atoms with van der Waals surface area (Å²) in [6.07, 6.45) is 3.00. The van der Waals surface area contributed by atoms with E-state index in [0.29, 0.717) is 15.9 Å². The highest BCUT2D eigenvalue weighted by molar-refractivity contribution is 6.31. The van der Waals surface area contributed by atoms with Crippen LogP contribution < -0.4 is 10.3 Å². The number of hydrogen-bond acceptors (Lipinski definition) is 5. The zero-order valence-corrected chi connectivity index (χ0v) is 16.8. The van der Waals surface area contributed by atoms with Crippen molar-refractivity contribution in [3.63, 3.8) is 0 Å². The summed E-state index contributed by atoms with van der Waals surface area (Å²) in [6.45, 7) is -0.154. The van der Waals surface area contributed by atoms with Crippen molar-refractivity contribution in [3.05, 3.63) is 87.4 Å². The third kappa shape index (κ3) is 4.34. The predicted octanol–water partition coefficient (Wildman–Crippen LogP) is 4.49. The van der Waals surface area contributed by atoms with Gasteiger partial charge in [0, 0.05) is 11.1 Å². The molecule has 0 atom stereocenters. The first-order valence-electron chi connectivity index (χ1n) is 9.13. The molecule has 0 spiro atoms. The molecule has 4 aromatic rings. The summed E-state index contributed by atoms with van der Waals surface area (Å²) in [7, 11) is 1.63. The first kappa shape index (κ1) is 19.7. The normalized spacial score (nSPS) is 11.3. The molecule has 0 fully saturated rings. The van der Waals surface area contributed by atoms with Crippen molar-refractivity contribution >= 4 is 45.3 Å². The van der Waals surface area contributed by atoms with Crippen LogP contribution in [0.2, 0.25) is 5.02 Å². The van der Waals surface area contributed by atoms with Gasteiger partial charge in [-0.15, -0.1) is 0 Å². The summed E-state index contributed by atoms with van der Waals surface area (Å²) in [5.41, 5.74) is 0.989. The highest BCUT2D eigenvalue weighted by Crippen LogP contribution is 2.22. The molecular weight excluding hydrogens is 404 g/mol. The average Bonchev–Trinajstić information content (AvgIpc) is 2.75. The number of H-pyrrole nitrogens is 1. The molecule has 0 bridgehead atoms. The molecule has 6 nitrogen and oxygen atoms in total. The van der Waals surface area contributed by atoms with Crippen LogP contribution in [-0.4, -0.2) is 23.0 Å². The zero-order chi connectivity index (χ0) is 21.1. The number of nitrogens with one attached hydrogen (secondary N) is 1. The number of benzene rings is 3. The maximum Gasteiger partial charge on any atom is 0.331 e. The highest BCUT2D eigenvalue weighted by atomic mass is 35.5. The van der Waals surface area contributed by atoms with Gasteiger partial charge in [-0.2, -0.15) is 0 Å². The molecule has 0 radical (unpaired) electrons. The summed E-state index contributed by atoms with van der Waals surface area (Å²) in [5.74, 6) is 0.492. The minimum Gasteiger partial charge on any atom is -0.497 e. The number of hydrogen-bond donors (Lipinski definition) is 1. The number of carbonyl (C=O) groups excluding carboxylic acids is 1. The third-order valence-electron chi connectivity index (χ3n) is 4.55. The standard InChI is InChI=1S/C23H17ClN2O4/c1-29-18-7-5-15-10-14(2-4-16(15)11-18)3-9-22(27)30-13-21-25-20-12-17(24)6-8-19(20)23(28)26-21/h2-12H,13H2,1H3,(H,25,26,28)/b9-3+. The maximum absolute atomic E-state index is 12.1. The highest BCUT2D eigenvalue weighted by Gasteiger charge is 2.07.